The van der Waals surface area contributed by atoms with Crippen LogP contribution < -0.4 is 4.72 Å². The standard InChI is InChI=1S/C20H17ClN4O2S/c21-16-9-4-5-11-18(16)28(26,27)23-13-19-24-17-10-6-12-22-20(17)25(19)14-15-7-2-1-3-8-15/h1-12,23H,13-14H2. The van der Waals surface area contributed by atoms with Crippen molar-refractivity contribution < 1.29 is 8.42 Å². The van der Waals surface area contributed by atoms with Gasteiger partial charge in [-0.2, -0.15) is 0 Å². The van der Waals surface area contributed by atoms with Crippen LogP contribution in [0.25, 0.3) is 11.2 Å². The highest BCUT2D eigenvalue weighted by atomic mass is 35.5. The van der Waals surface area contributed by atoms with Crippen LogP contribution in [0, 0.1) is 0 Å². The predicted octanol–water partition coefficient (Wildman–Crippen LogP) is 3.61. The Morgan fingerprint density at radius 1 is 0.964 bits per heavy atom. The minimum atomic E-state index is -3.77. The summed E-state index contributed by atoms with van der Waals surface area (Å²) >= 11 is 6.04. The van der Waals surface area contributed by atoms with Gasteiger partial charge in [0.2, 0.25) is 10.0 Å². The summed E-state index contributed by atoms with van der Waals surface area (Å²) in [6, 6.07) is 19.9. The van der Waals surface area contributed by atoms with Gasteiger partial charge in [0, 0.05) is 6.20 Å². The van der Waals surface area contributed by atoms with E-state index >= 15 is 0 Å². The molecule has 0 spiro atoms. The van der Waals surface area contributed by atoms with Crippen molar-refractivity contribution >= 4 is 32.8 Å². The lowest BCUT2D eigenvalue weighted by molar-refractivity contribution is 0.576. The number of sulfonamides is 1. The normalized spacial score (nSPS) is 11.8. The average molecular weight is 413 g/mol. The molecule has 0 amide bonds. The molecule has 4 aromatic rings. The Morgan fingerprint density at radius 3 is 2.50 bits per heavy atom. The van der Waals surface area contributed by atoms with Crippen molar-refractivity contribution in [3.8, 4) is 0 Å². The van der Waals surface area contributed by atoms with E-state index in [1.165, 1.54) is 6.07 Å². The highest BCUT2D eigenvalue weighted by Crippen LogP contribution is 2.21. The third kappa shape index (κ3) is 3.77. The second kappa shape index (κ2) is 7.71. The molecule has 2 heterocycles. The van der Waals surface area contributed by atoms with E-state index in [0.29, 0.717) is 23.5 Å². The molecule has 0 fully saturated rings. The zero-order chi connectivity index (χ0) is 19.6. The molecule has 4 rings (SSSR count). The van der Waals surface area contributed by atoms with Crippen molar-refractivity contribution in [3.63, 3.8) is 0 Å². The summed E-state index contributed by atoms with van der Waals surface area (Å²) in [5, 5.41) is 0.175. The maximum Gasteiger partial charge on any atom is 0.242 e. The third-order valence-electron chi connectivity index (χ3n) is 4.31. The fourth-order valence-electron chi connectivity index (χ4n) is 2.97. The lowest BCUT2D eigenvalue weighted by Crippen LogP contribution is -2.25. The zero-order valence-electron chi connectivity index (χ0n) is 14.8. The molecule has 0 unspecified atom stereocenters. The molecule has 0 saturated heterocycles. The summed E-state index contributed by atoms with van der Waals surface area (Å²) in [4.78, 5) is 9.03. The third-order valence-corrected chi connectivity index (χ3v) is 6.21. The van der Waals surface area contributed by atoms with Gasteiger partial charge in [-0.3, -0.25) is 0 Å². The predicted molar refractivity (Wildman–Crippen MR) is 109 cm³/mol. The number of halogens is 1. The van der Waals surface area contributed by atoms with Gasteiger partial charge in [0.05, 0.1) is 18.1 Å². The Hall–Kier alpha value is -2.74. The monoisotopic (exact) mass is 412 g/mol. The minimum absolute atomic E-state index is 0.0246. The van der Waals surface area contributed by atoms with Gasteiger partial charge in [0.1, 0.15) is 16.2 Å². The highest BCUT2D eigenvalue weighted by Gasteiger charge is 2.19. The molecule has 1 N–H and O–H groups in total. The second-order valence-electron chi connectivity index (χ2n) is 6.20. The van der Waals surface area contributed by atoms with Gasteiger partial charge in [0.15, 0.2) is 5.65 Å². The Bertz CT molecular complexity index is 1220. The molecule has 2 aromatic carbocycles. The van der Waals surface area contributed by atoms with Gasteiger partial charge in [-0.25, -0.2) is 23.1 Å². The first-order valence-corrected chi connectivity index (χ1v) is 10.5. The van der Waals surface area contributed by atoms with Crippen LogP contribution in [0.4, 0.5) is 0 Å². The average Bonchev–Trinajstić information content (AvgIpc) is 3.05. The summed E-state index contributed by atoms with van der Waals surface area (Å²) in [6.07, 6.45) is 1.70. The number of imidazole rings is 1. The minimum Gasteiger partial charge on any atom is -0.307 e. The lowest BCUT2D eigenvalue weighted by atomic mass is 10.2. The van der Waals surface area contributed by atoms with E-state index in [4.69, 9.17) is 11.6 Å². The molecule has 0 radical (unpaired) electrons. The molecular formula is C20H17ClN4O2S. The molecule has 8 heteroatoms. The van der Waals surface area contributed by atoms with Crippen LogP contribution in [0.15, 0.2) is 77.8 Å². The summed E-state index contributed by atoms with van der Waals surface area (Å²) in [5.74, 6) is 0.577. The van der Waals surface area contributed by atoms with Gasteiger partial charge < -0.3 is 4.57 Å². The topological polar surface area (TPSA) is 76.9 Å². The number of fused-ring (bicyclic) bond motifs is 1. The molecule has 0 aliphatic rings. The molecule has 0 atom stereocenters. The largest absolute Gasteiger partial charge is 0.307 e. The van der Waals surface area contributed by atoms with E-state index in [1.807, 2.05) is 41.0 Å². The van der Waals surface area contributed by atoms with Crippen molar-refractivity contribution in [2.45, 2.75) is 18.0 Å². The van der Waals surface area contributed by atoms with Crippen molar-refractivity contribution in [2.75, 3.05) is 0 Å². The van der Waals surface area contributed by atoms with Crippen LogP contribution in [0.3, 0.4) is 0 Å². The molecule has 0 aliphatic carbocycles. The molecule has 2 aromatic heterocycles. The van der Waals surface area contributed by atoms with E-state index in [2.05, 4.69) is 14.7 Å². The van der Waals surface area contributed by atoms with E-state index < -0.39 is 10.0 Å². The second-order valence-corrected chi connectivity index (χ2v) is 8.34. The molecule has 0 saturated carbocycles. The highest BCUT2D eigenvalue weighted by molar-refractivity contribution is 7.89. The molecule has 142 valence electrons. The summed E-state index contributed by atoms with van der Waals surface area (Å²) < 4.78 is 29.8. The van der Waals surface area contributed by atoms with E-state index in [0.717, 1.165) is 5.56 Å². The van der Waals surface area contributed by atoms with Gasteiger partial charge in [-0.1, -0.05) is 54.1 Å². The summed E-state index contributed by atoms with van der Waals surface area (Å²) in [6.45, 7) is 0.564. The molecular weight excluding hydrogens is 396 g/mol. The van der Waals surface area contributed by atoms with Gasteiger partial charge in [0.25, 0.3) is 0 Å². The first-order chi connectivity index (χ1) is 13.5. The Labute approximate surface area is 167 Å². The van der Waals surface area contributed by atoms with Crippen LogP contribution >= 0.6 is 11.6 Å². The molecule has 0 aliphatic heterocycles. The molecule has 6 nitrogen and oxygen atoms in total. The van der Waals surface area contributed by atoms with E-state index in [9.17, 15) is 8.42 Å². The summed E-state index contributed by atoms with van der Waals surface area (Å²) in [5.41, 5.74) is 2.49. The number of pyridine rings is 1. The maximum absolute atomic E-state index is 12.7. The Morgan fingerprint density at radius 2 is 1.71 bits per heavy atom. The number of hydrogen-bond acceptors (Lipinski definition) is 4. The first-order valence-electron chi connectivity index (χ1n) is 8.63. The number of benzene rings is 2. The maximum atomic E-state index is 12.7. The fourth-order valence-corrected chi connectivity index (χ4v) is 4.47. The Kier molecular flexibility index (Phi) is 5.13. The van der Waals surface area contributed by atoms with E-state index in [1.54, 1.807) is 30.5 Å². The first kappa shape index (κ1) is 18.6. The Balaban J connectivity index is 1.67. The summed E-state index contributed by atoms with van der Waals surface area (Å²) in [7, 11) is -3.77. The van der Waals surface area contributed by atoms with E-state index in [-0.39, 0.29) is 16.5 Å². The number of aromatic nitrogens is 3. The van der Waals surface area contributed by atoms with Crippen LogP contribution in [0.1, 0.15) is 11.4 Å². The molecule has 0 bridgehead atoms. The van der Waals surface area contributed by atoms with Gasteiger partial charge in [-0.05, 0) is 29.8 Å². The van der Waals surface area contributed by atoms with Crippen molar-refractivity contribution in [1.29, 1.82) is 0 Å². The quantitative estimate of drug-likeness (QED) is 0.524. The number of nitrogens with zero attached hydrogens (tertiary/aromatic N) is 3. The van der Waals surface area contributed by atoms with Gasteiger partial charge >= 0.3 is 0 Å². The van der Waals surface area contributed by atoms with Gasteiger partial charge in [-0.15, -0.1) is 0 Å². The van der Waals surface area contributed by atoms with Crippen LogP contribution in [0.5, 0.6) is 0 Å². The van der Waals surface area contributed by atoms with Crippen LogP contribution in [-0.2, 0) is 23.1 Å². The van der Waals surface area contributed by atoms with Crippen molar-refractivity contribution in [3.05, 3.63) is 89.3 Å². The fraction of sp³-hybridized carbons (Fsp3) is 0.100. The lowest BCUT2D eigenvalue weighted by Gasteiger charge is -2.11. The van der Waals surface area contributed by atoms with Crippen molar-refractivity contribution in [1.82, 2.24) is 19.3 Å². The SMILES string of the molecule is O=S(=O)(NCc1nc2cccnc2n1Cc1ccccc1)c1ccccc1Cl. The van der Waals surface area contributed by atoms with Crippen LogP contribution in [-0.4, -0.2) is 23.0 Å². The number of rotatable bonds is 6. The zero-order valence-corrected chi connectivity index (χ0v) is 16.4. The van der Waals surface area contributed by atoms with Crippen LogP contribution in [0.2, 0.25) is 5.02 Å². The molecule has 28 heavy (non-hydrogen) atoms. The van der Waals surface area contributed by atoms with Crippen molar-refractivity contribution in [2.24, 2.45) is 0 Å². The number of nitrogens with one attached hydrogen (secondary N) is 1. The number of hydrogen-bond donors (Lipinski definition) is 1. The smallest absolute Gasteiger partial charge is 0.242 e.